The smallest absolute Gasteiger partial charge is 0.0384 e. The van der Waals surface area contributed by atoms with Crippen LogP contribution < -0.4 is 0 Å². The average molecular weight is 256 g/mol. The number of hydrogen-bond donors (Lipinski definition) is 0. The summed E-state index contributed by atoms with van der Waals surface area (Å²) in [6, 6.07) is 0. The molecule has 1 atom stereocenters. The van der Waals surface area contributed by atoms with Gasteiger partial charge in [0, 0.05) is 0 Å². The molecule has 17 heavy (non-hydrogen) atoms. The Balaban J connectivity index is 0.000000317. The summed E-state index contributed by atoms with van der Waals surface area (Å²) in [5.41, 5.74) is 0. The van der Waals surface area contributed by atoms with Crippen LogP contribution in [0.5, 0.6) is 0 Å². The third-order valence-corrected chi connectivity index (χ3v) is 5.24. The molecular weight excluding hydrogens is 223 g/mol. The Kier molecular flexibility index (Phi) is 8.54. The Bertz CT molecular complexity index is 162. The van der Waals surface area contributed by atoms with Crippen LogP contribution in [-0.2, 0) is 0 Å². The summed E-state index contributed by atoms with van der Waals surface area (Å²) >= 11 is 0. The first-order valence-corrected chi connectivity index (χ1v) is 8.79. The van der Waals surface area contributed by atoms with Gasteiger partial charge in [-0.25, -0.2) is 0 Å². The summed E-state index contributed by atoms with van der Waals surface area (Å²) in [4.78, 5) is 0. The molecule has 1 unspecified atom stereocenters. The molecule has 0 heterocycles. The van der Waals surface area contributed by atoms with Crippen LogP contribution in [0.1, 0.15) is 78.1 Å². The molecule has 2 fully saturated rings. The highest BCUT2D eigenvalue weighted by molar-refractivity contribution is 7.16. The fourth-order valence-corrected chi connectivity index (χ4v) is 3.36. The van der Waals surface area contributed by atoms with E-state index in [0.29, 0.717) is 0 Å². The van der Waals surface area contributed by atoms with Crippen molar-refractivity contribution in [1.29, 1.82) is 0 Å². The minimum Gasteiger partial charge on any atom is -0.138 e. The van der Waals surface area contributed by atoms with Crippen molar-refractivity contribution in [1.82, 2.24) is 0 Å². The van der Waals surface area contributed by atoms with Gasteiger partial charge in [-0.1, -0.05) is 65.2 Å². The van der Waals surface area contributed by atoms with Gasteiger partial charge in [0.05, 0.1) is 0 Å². The predicted molar refractivity (Wildman–Crippen MR) is 82.6 cm³/mol. The number of rotatable bonds is 2. The van der Waals surface area contributed by atoms with Crippen molar-refractivity contribution >= 4 is 9.24 Å². The molecule has 0 nitrogen and oxygen atoms in total. The van der Waals surface area contributed by atoms with Crippen molar-refractivity contribution in [2.45, 2.75) is 78.1 Å². The summed E-state index contributed by atoms with van der Waals surface area (Å²) in [5, 5.41) is 0. The SMILES string of the molecule is CC1CCC(C2CCCCC2)CC1.CCCP. The van der Waals surface area contributed by atoms with Crippen LogP contribution in [0, 0.1) is 17.8 Å². The highest BCUT2D eigenvalue weighted by Crippen LogP contribution is 2.39. The van der Waals surface area contributed by atoms with Gasteiger partial charge >= 0.3 is 0 Å². The van der Waals surface area contributed by atoms with E-state index in [1.165, 1.54) is 44.7 Å². The maximum Gasteiger partial charge on any atom is -0.0384 e. The van der Waals surface area contributed by atoms with Gasteiger partial charge in [0.25, 0.3) is 0 Å². The molecule has 2 aliphatic rings. The van der Waals surface area contributed by atoms with Gasteiger partial charge in [-0.15, -0.1) is 9.24 Å². The Hall–Kier alpha value is 0.430. The van der Waals surface area contributed by atoms with Gasteiger partial charge in [-0.2, -0.15) is 0 Å². The van der Waals surface area contributed by atoms with Crippen molar-refractivity contribution < 1.29 is 0 Å². The second-order valence-corrected chi connectivity index (χ2v) is 6.78. The van der Waals surface area contributed by atoms with E-state index in [9.17, 15) is 0 Å². The second kappa shape index (κ2) is 9.37. The molecule has 0 amide bonds. The van der Waals surface area contributed by atoms with Crippen molar-refractivity contribution in [2.75, 3.05) is 6.16 Å². The Morgan fingerprint density at radius 2 is 1.29 bits per heavy atom. The second-order valence-electron chi connectivity index (χ2n) is 6.21. The molecule has 2 aliphatic carbocycles. The summed E-state index contributed by atoms with van der Waals surface area (Å²) in [6.07, 6.45) is 16.3. The molecule has 0 aliphatic heterocycles. The monoisotopic (exact) mass is 256 g/mol. The summed E-state index contributed by atoms with van der Waals surface area (Å²) in [7, 11) is 2.66. The van der Waals surface area contributed by atoms with E-state index in [2.05, 4.69) is 23.1 Å². The summed E-state index contributed by atoms with van der Waals surface area (Å²) in [5.74, 6) is 3.28. The third-order valence-electron chi connectivity index (χ3n) is 4.67. The molecule has 2 saturated carbocycles. The maximum atomic E-state index is 2.66. The lowest BCUT2D eigenvalue weighted by Crippen LogP contribution is -2.22. The molecule has 0 aromatic rings. The van der Waals surface area contributed by atoms with Gasteiger partial charge in [-0.05, 0) is 36.8 Å². The maximum absolute atomic E-state index is 2.66. The van der Waals surface area contributed by atoms with Crippen LogP contribution in [0.2, 0.25) is 0 Å². The fraction of sp³-hybridized carbons (Fsp3) is 1.00. The molecule has 1 heteroatoms. The fourth-order valence-electron chi connectivity index (χ4n) is 3.36. The van der Waals surface area contributed by atoms with Gasteiger partial charge in [0.2, 0.25) is 0 Å². The largest absolute Gasteiger partial charge is 0.138 e. The zero-order valence-corrected chi connectivity index (χ0v) is 13.2. The van der Waals surface area contributed by atoms with Crippen LogP contribution in [0.4, 0.5) is 0 Å². The summed E-state index contributed by atoms with van der Waals surface area (Å²) < 4.78 is 0. The number of hydrogen-bond acceptors (Lipinski definition) is 0. The molecule has 102 valence electrons. The van der Waals surface area contributed by atoms with Crippen molar-refractivity contribution in [3.8, 4) is 0 Å². The zero-order chi connectivity index (χ0) is 12.5. The Morgan fingerprint density at radius 3 is 1.76 bits per heavy atom. The molecule has 0 spiro atoms. The van der Waals surface area contributed by atoms with E-state index < -0.39 is 0 Å². The molecular formula is C16H33P. The van der Waals surface area contributed by atoms with E-state index in [4.69, 9.17) is 0 Å². The highest BCUT2D eigenvalue weighted by atomic mass is 31.0. The third kappa shape index (κ3) is 6.23. The minimum absolute atomic E-state index is 1.03. The molecule has 0 aromatic heterocycles. The predicted octanol–water partition coefficient (Wildman–Crippen LogP) is 5.66. The topological polar surface area (TPSA) is 0 Å². The van der Waals surface area contributed by atoms with Crippen LogP contribution >= 0.6 is 9.24 Å². The van der Waals surface area contributed by atoms with E-state index in [1.807, 2.05) is 0 Å². The molecule has 2 rings (SSSR count). The van der Waals surface area contributed by atoms with Crippen molar-refractivity contribution in [3.05, 3.63) is 0 Å². The van der Waals surface area contributed by atoms with E-state index in [1.54, 1.807) is 25.7 Å². The summed E-state index contributed by atoms with van der Waals surface area (Å²) in [6.45, 7) is 4.59. The lowest BCUT2D eigenvalue weighted by molar-refractivity contribution is 0.173. The first kappa shape index (κ1) is 15.5. The van der Waals surface area contributed by atoms with Gasteiger partial charge in [-0.3, -0.25) is 0 Å². The standard InChI is InChI=1S/C13H24.C3H9P/c1-11-7-9-13(10-8-11)12-5-3-2-4-6-12;1-2-3-4/h11-13H,2-10H2,1H3;2-4H2,1H3. The lowest BCUT2D eigenvalue weighted by atomic mass is 9.71. The first-order valence-electron chi connectivity index (χ1n) is 7.98. The molecule has 0 radical (unpaired) electrons. The van der Waals surface area contributed by atoms with Crippen LogP contribution in [0.25, 0.3) is 0 Å². The van der Waals surface area contributed by atoms with Crippen molar-refractivity contribution in [3.63, 3.8) is 0 Å². The normalized spacial score (nSPS) is 30.5. The first-order chi connectivity index (χ1) is 8.27. The highest BCUT2D eigenvalue weighted by Gasteiger charge is 2.26. The quantitative estimate of drug-likeness (QED) is 0.559. The average Bonchev–Trinajstić information content (AvgIpc) is 2.41. The van der Waals surface area contributed by atoms with Crippen LogP contribution in [0.3, 0.4) is 0 Å². The minimum atomic E-state index is 1.03. The van der Waals surface area contributed by atoms with E-state index >= 15 is 0 Å². The molecule has 0 saturated heterocycles. The van der Waals surface area contributed by atoms with E-state index in [0.717, 1.165) is 17.8 Å². The molecule has 0 aromatic carbocycles. The Morgan fingerprint density at radius 1 is 0.824 bits per heavy atom. The van der Waals surface area contributed by atoms with Gasteiger partial charge in [0.1, 0.15) is 0 Å². The van der Waals surface area contributed by atoms with Gasteiger partial charge in [0.15, 0.2) is 0 Å². The van der Waals surface area contributed by atoms with E-state index in [-0.39, 0.29) is 0 Å². The lowest BCUT2D eigenvalue weighted by Gasteiger charge is -2.34. The molecule has 0 bridgehead atoms. The zero-order valence-electron chi connectivity index (χ0n) is 12.1. The van der Waals surface area contributed by atoms with Crippen LogP contribution in [-0.4, -0.2) is 6.16 Å². The Labute approximate surface area is 112 Å². The molecule has 0 N–H and O–H groups in total. The van der Waals surface area contributed by atoms with Crippen LogP contribution in [0.15, 0.2) is 0 Å². The van der Waals surface area contributed by atoms with Crippen molar-refractivity contribution in [2.24, 2.45) is 17.8 Å². The van der Waals surface area contributed by atoms with Gasteiger partial charge < -0.3 is 0 Å².